The van der Waals surface area contributed by atoms with Gasteiger partial charge in [0.1, 0.15) is 11.4 Å². The molecule has 1 amide bonds. The number of hydrogen-bond acceptors (Lipinski definition) is 5. The van der Waals surface area contributed by atoms with E-state index in [0.29, 0.717) is 13.1 Å². The lowest BCUT2D eigenvalue weighted by atomic mass is 10.2. The van der Waals surface area contributed by atoms with E-state index in [1.807, 2.05) is 51.1 Å². The lowest BCUT2D eigenvalue weighted by Gasteiger charge is -2.19. The number of ether oxygens (including phenoxy) is 1. The SMILES string of the molecule is CC(C)(C)OC(=O)NCCCNc1ccc2cc(N)ccc2n1. The molecule has 6 nitrogen and oxygen atoms in total. The van der Waals surface area contributed by atoms with Crippen LogP contribution in [0.4, 0.5) is 16.3 Å². The highest BCUT2D eigenvalue weighted by molar-refractivity contribution is 5.83. The molecule has 0 unspecified atom stereocenters. The first-order valence-corrected chi connectivity index (χ1v) is 7.70. The molecular weight excluding hydrogens is 292 g/mol. The van der Waals surface area contributed by atoms with Gasteiger partial charge in [-0.05, 0) is 57.5 Å². The van der Waals surface area contributed by atoms with Crippen LogP contribution in [-0.2, 0) is 4.74 Å². The number of anilines is 2. The molecule has 1 aromatic heterocycles. The zero-order valence-corrected chi connectivity index (χ0v) is 13.8. The Morgan fingerprint density at radius 2 is 2.00 bits per heavy atom. The average Bonchev–Trinajstić information content (AvgIpc) is 2.45. The molecule has 0 radical (unpaired) electrons. The Hall–Kier alpha value is -2.50. The molecule has 0 aliphatic heterocycles. The van der Waals surface area contributed by atoms with Gasteiger partial charge in [0.05, 0.1) is 5.52 Å². The van der Waals surface area contributed by atoms with Crippen LogP contribution in [0.25, 0.3) is 10.9 Å². The van der Waals surface area contributed by atoms with E-state index >= 15 is 0 Å². The molecule has 0 atom stereocenters. The number of benzene rings is 1. The normalized spacial score (nSPS) is 11.3. The van der Waals surface area contributed by atoms with E-state index in [2.05, 4.69) is 15.6 Å². The van der Waals surface area contributed by atoms with Crippen LogP contribution >= 0.6 is 0 Å². The summed E-state index contributed by atoms with van der Waals surface area (Å²) in [6, 6.07) is 9.55. The fraction of sp³-hybridized carbons (Fsp3) is 0.412. The van der Waals surface area contributed by atoms with Crippen molar-refractivity contribution in [3.05, 3.63) is 30.3 Å². The van der Waals surface area contributed by atoms with E-state index < -0.39 is 5.60 Å². The molecule has 23 heavy (non-hydrogen) atoms. The largest absolute Gasteiger partial charge is 0.444 e. The molecule has 6 heteroatoms. The highest BCUT2D eigenvalue weighted by atomic mass is 16.6. The van der Waals surface area contributed by atoms with Crippen molar-refractivity contribution in [2.24, 2.45) is 0 Å². The quantitative estimate of drug-likeness (QED) is 0.582. The third-order valence-electron chi connectivity index (χ3n) is 3.04. The van der Waals surface area contributed by atoms with Crippen LogP contribution in [0.15, 0.2) is 30.3 Å². The van der Waals surface area contributed by atoms with E-state index in [9.17, 15) is 4.79 Å². The topological polar surface area (TPSA) is 89.3 Å². The van der Waals surface area contributed by atoms with Crippen molar-refractivity contribution < 1.29 is 9.53 Å². The summed E-state index contributed by atoms with van der Waals surface area (Å²) in [7, 11) is 0. The summed E-state index contributed by atoms with van der Waals surface area (Å²) in [6.45, 7) is 6.78. The number of nitrogens with two attached hydrogens (primary N) is 1. The predicted octanol–water partition coefficient (Wildman–Crippen LogP) is 3.14. The molecule has 2 aromatic rings. The van der Waals surface area contributed by atoms with Gasteiger partial charge in [-0.1, -0.05) is 0 Å². The van der Waals surface area contributed by atoms with Crippen molar-refractivity contribution in [3.8, 4) is 0 Å². The van der Waals surface area contributed by atoms with Crippen LogP contribution in [0.5, 0.6) is 0 Å². The van der Waals surface area contributed by atoms with E-state index in [-0.39, 0.29) is 6.09 Å². The molecule has 124 valence electrons. The molecule has 1 heterocycles. The Balaban J connectivity index is 1.74. The third-order valence-corrected chi connectivity index (χ3v) is 3.04. The lowest BCUT2D eigenvalue weighted by Crippen LogP contribution is -2.33. The van der Waals surface area contributed by atoms with Gasteiger partial charge in [0, 0.05) is 24.2 Å². The molecule has 0 bridgehead atoms. The van der Waals surface area contributed by atoms with Crippen LogP contribution in [0, 0.1) is 0 Å². The molecule has 0 fully saturated rings. The van der Waals surface area contributed by atoms with Crippen LogP contribution in [0.1, 0.15) is 27.2 Å². The highest BCUT2D eigenvalue weighted by Crippen LogP contribution is 2.17. The monoisotopic (exact) mass is 316 g/mol. The number of nitrogens with one attached hydrogen (secondary N) is 2. The first-order chi connectivity index (χ1) is 10.8. The number of alkyl carbamates (subject to hydrolysis) is 1. The van der Waals surface area contributed by atoms with Crippen LogP contribution in [0.3, 0.4) is 0 Å². The average molecular weight is 316 g/mol. The number of carbonyl (C=O) groups excluding carboxylic acids is 1. The summed E-state index contributed by atoms with van der Waals surface area (Å²) in [6.07, 6.45) is 0.389. The number of fused-ring (bicyclic) bond motifs is 1. The molecule has 0 aliphatic carbocycles. The first-order valence-electron chi connectivity index (χ1n) is 7.70. The number of hydrogen-bond donors (Lipinski definition) is 3. The number of nitrogen functional groups attached to an aromatic ring is 1. The highest BCUT2D eigenvalue weighted by Gasteiger charge is 2.15. The van der Waals surface area contributed by atoms with Crippen LogP contribution in [0.2, 0.25) is 0 Å². The maximum absolute atomic E-state index is 11.5. The molecule has 0 spiro atoms. The Bertz CT molecular complexity index is 680. The Morgan fingerprint density at radius 3 is 2.74 bits per heavy atom. The minimum atomic E-state index is -0.471. The molecule has 0 saturated heterocycles. The summed E-state index contributed by atoms with van der Waals surface area (Å²) in [4.78, 5) is 16.0. The second-order valence-corrected chi connectivity index (χ2v) is 6.36. The van der Waals surface area contributed by atoms with Crippen molar-refractivity contribution in [2.45, 2.75) is 32.8 Å². The maximum Gasteiger partial charge on any atom is 0.407 e. The summed E-state index contributed by atoms with van der Waals surface area (Å²) < 4.78 is 5.17. The smallest absolute Gasteiger partial charge is 0.407 e. The summed E-state index contributed by atoms with van der Waals surface area (Å²) in [5.41, 5.74) is 6.91. The van der Waals surface area contributed by atoms with Gasteiger partial charge in [-0.15, -0.1) is 0 Å². The summed E-state index contributed by atoms with van der Waals surface area (Å²) in [5.74, 6) is 0.805. The fourth-order valence-corrected chi connectivity index (χ4v) is 2.05. The van der Waals surface area contributed by atoms with Crippen molar-refractivity contribution in [1.82, 2.24) is 10.3 Å². The molecule has 2 rings (SSSR count). The Kier molecular flexibility index (Phi) is 5.26. The van der Waals surface area contributed by atoms with Crippen molar-refractivity contribution in [1.29, 1.82) is 0 Å². The van der Waals surface area contributed by atoms with Crippen molar-refractivity contribution >= 4 is 28.5 Å². The zero-order chi connectivity index (χ0) is 16.9. The van der Waals surface area contributed by atoms with Crippen molar-refractivity contribution in [3.63, 3.8) is 0 Å². The summed E-state index contributed by atoms with van der Waals surface area (Å²) in [5, 5.41) is 6.98. The third kappa shape index (κ3) is 5.65. The number of amides is 1. The predicted molar refractivity (Wildman–Crippen MR) is 93.5 cm³/mol. The molecule has 1 aromatic carbocycles. The minimum Gasteiger partial charge on any atom is -0.444 e. The molecule has 0 aliphatic rings. The van der Waals surface area contributed by atoms with Gasteiger partial charge in [-0.2, -0.15) is 0 Å². The molecule has 0 saturated carbocycles. The van der Waals surface area contributed by atoms with E-state index in [1.54, 1.807) is 0 Å². The maximum atomic E-state index is 11.5. The zero-order valence-electron chi connectivity index (χ0n) is 13.8. The van der Waals surface area contributed by atoms with E-state index in [0.717, 1.165) is 28.8 Å². The minimum absolute atomic E-state index is 0.390. The summed E-state index contributed by atoms with van der Waals surface area (Å²) >= 11 is 0. The lowest BCUT2D eigenvalue weighted by molar-refractivity contribution is 0.0528. The van der Waals surface area contributed by atoms with Crippen LogP contribution in [-0.4, -0.2) is 29.8 Å². The second-order valence-electron chi connectivity index (χ2n) is 6.36. The Morgan fingerprint density at radius 1 is 1.22 bits per heavy atom. The van der Waals surface area contributed by atoms with E-state index in [1.165, 1.54) is 0 Å². The van der Waals surface area contributed by atoms with Gasteiger partial charge in [-0.25, -0.2) is 9.78 Å². The Labute approximate surface area is 136 Å². The van der Waals surface area contributed by atoms with Gasteiger partial charge < -0.3 is 21.1 Å². The second kappa shape index (κ2) is 7.17. The number of rotatable bonds is 5. The first kappa shape index (κ1) is 16.9. The van der Waals surface area contributed by atoms with Gasteiger partial charge in [-0.3, -0.25) is 0 Å². The number of carbonyl (C=O) groups is 1. The number of pyridine rings is 1. The molecule has 4 N–H and O–H groups in total. The van der Waals surface area contributed by atoms with E-state index in [4.69, 9.17) is 10.5 Å². The van der Waals surface area contributed by atoms with Gasteiger partial charge in [0.25, 0.3) is 0 Å². The van der Waals surface area contributed by atoms with Gasteiger partial charge in [0.2, 0.25) is 0 Å². The van der Waals surface area contributed by atoms with Crippen molar-refractivity contribution in [2.75, 3.05) is 24.1 Å². The van der Waals surface area contributed by atoms with Crippen LogP contribution < -0.4 is 16.4 Å². The number of aromatic nitrogens is 1. The van der Waals surface area contributed by atoms with Gasteiger partial charge in [0.15, 0.2) is 0 Å². The fourth-order valence-electron chi connectivity index (χ4n) is 2.05. The number of nitrogens with zero attached hydrogens (tertiary/aromatic N) is 1. The standard InChI is InChI=1S/C17H24N4O2/c1-17(2,3)23-16(22)20-10-4-9-19-15-8-5-12-11-13(18)6-7-14(12)21-15/h5-8,11H,4,9-10,18H2,1-3H3,(H,19,21)(H,20,22). The van der Waals surface area contributed by atoms with Gasteiger partial charge >= 0.3 is 6.09 Å². The molecular formula is C17H24N4O2.